The van der Waals surface area contributed by atoms with E-state index in [0.29, 0.717) is 0 Å². The van der Waals surface area contributed by atoms with Crippen molar-refractivity contribution in [3.63, 3.8) is 0 Å². The number of aromatic nitrogens is 4. The standard InChI is InChI=1S/C18H10N4.Ru/c1-2-8-14-13(7-1)21-17-11-5-3-9-19-15(11)16-12(18(17)22-14)6-4-10-20-16;/h1-10H;/q;+2. The van der Waals surface area contributed by atoms with Gasteiger partial charge in [0.25, 0.3) is 0 Å². The SMILES string of the molecule is [Ru+2].c1ccc2nc3c4cccnc4c4ncccc4c3nc2c1. The number of benzene rings is 2. The van der Waals surface area contributed by atoms with Gasteiger partial charge in [0.2, 0.25) is 0 Å². The van der Waals surface area contributed by atoms with Crippen molar-refractivity contribution in [2.45, 2.75) is 0 Å². The Kier molecular flexibility index (Phi) is 3.24. The molecule has 0 spiro atoms. The van der Waals surface area contributed by atoms with Crippen LogP contribution in [0.15, 0.2) is 60.9 Å². The maximum atomic E-state index is 4.83. The van der Waals surface area contributed by atoms with Gasteiger partial charge in [-0.15, -0.1) is 0 Å². The van der Waals surface area contributed by atoms with Crippen molar-refractivity contribution in [3.8, 4) is 0 Å². The summed E-state index contributed by atoms with van der Waals surface area (Å²) in [6, 6.07) is 15.8. The molecule has 0 saturated heterocycles. The van der Waals surface area contributed by atoms with Crippen LogP contribution in [0.4, 0.5) is 0 Å². The summed E-state index contributed by atoms with van der Waals surface area (Å²) < 4.78 is 0. The van der Waals surface area contributed by atoms with Crippen LogP contribution < -0.4 is 0 Å². The molecule has 23 heavy (non-hydrogen) atoms. The molecule has 0 unspecified atom stereocenters. The molecule has 0 aliphatic heterocycles. The largest absolute Gasteiger partial charge is 2.00 e. The van der Waals surface area contributed by atoms with Gasteiger partial charge in [0.05, 0.1) is 33.1 Å². The van der Waals surface area contributed by atoms with E-state index < -0.39 is 0 Å². The summed E-state index contributed by atoms with van der Waals surface area (Å²) in [6.45, 7) is 0. The maximum Gasteiger partial charge on any atom is 2.00 e. The van der Waals surface area contributed by atoms with Crippen LogP contribution in [0.5, 0.6) is 0 Å². The zero-order valence-corrected chi connectivity index (χ0v) is 13.7. The average Bonchev–Trinajstić information content (AvgIpc) is 2.61. The molecule has 0 aliphatic carbocycles. The van der Waals surface area contributed by atoms with Crippen LogP contribution in [0.2, 0.25) is 0 Å². The van der Waals surface area contributed by atoms with Gasteiger partial charge in [-0.05, 0) is 36.4 Å². The Hall–Kier alpha value is -2.52. The van der Waals surface area contributed by atoms with Gasteiger partial charge >= 0.3 is 19.5 Å². The predicted molar refractivity (Wildman–Crippen MR) is 87.6 cm³/mol. The second kappa shape index (κ2) is 5.29. The van der Waals surface area contributed by atoms with Gasteiger partial charge in [0.15, 0.2) is 0 Å². The van der Waals surface area contributed by atoms with E-state index in [1.165, 1.54) is 0 Å². The molecule has 3 heterocycles. The average molecular weight is 383 g/mol. The fourth-order valence-electron chi connectivity index (χ4n) is 2.95. The molecule has 3 aromatic heterocycles. The Morgan fingerprint density at radius 3 is 1.48 bits per heavy atom. The van der Waals surface area contributed by atoms with Crippen LogP contribution in [0.3, 0.4) is 0 Å². The number of pyridine rings is 2. The van der Waals surface area contributed by atoms with Crippen molar-refractivity contribution in [3.05, 3.63) is 60.9 Å². The first-order valence-electron chi connectivity index (χ1n) is 7.10. The fraction of sp³-hybridized carbons (Fsp3) is 0. The van der Waals surface area contributed by atoms with Gasteiger partial charge in [-0.25, -0.2) is 9.97 Å². The van der Waals surface area contributed by atoms with E-state index in [4.69, 9.17) is 9.97 Å². The summed E-state index contributed by atoms with van der Waals surface area (Å²) in [6.07, 6.45) is 3.58. The monoisotopic (exact) mass is 384 g/mol. The molecule has 5 heteroatoms. The first kappa shape index (κ1) is 14.1. The third-order valence-corrected chi connectivity index (χ3v) is 3.92. The topological polar surface area (TPSA) is 51.6 Å². The van der Waals surface area contributed by atoms with Crippen molar-refractivity contribution in [2.75, 3.05) is 0 Å². The molecule has 5 rings (SSSR count). The zero-order chi connectivity index (χ0) is 14.5. The Bertz CT molecular complexity index is 1090. The van der Waals surface area contributed by atoms with Crippen molar-refractivity contribution in [2.24, 2.45) is 0 Å². The van der Waals surface area contributed by atoms with Crippen LogP contribution in [-0.2, 0) is 19.5 Å². The minimum Gasteiger partial charge on any atom is -0.254 e. The maximum absolute atomic E-state index is 4.83. The van der Waals surface area contributed by atoms with E-state index in [2.05, 4.69) is 9.97 Å². The minimum absolute atomic E-state index is 0. The van der Waals surface area contributed by atoms with Gasteiger partial charge in [-0.1, -0.05) is 12.1 Å². The summed E-state index contributed by atoms with van der Waals surface area (Å²) in [4.78, 5) is 18.7. The summed E-state index contributed by atoms with van der Waals surface area (Å²) in [5, 5.41) is 1.98. The molecule has 0 amide bonds. The summed E-state index contributed by atoms with van der Waals surface area (Å²) in [5.41, 5.74) is 5.28. The Morgan fingerprint density at radius 2 is 1.00 bits per heavy atom. The van der Waals surface area contributed by atoms with Crippen molar-refractivity contribution < 1.29 is 19.5 Å². The second-order valence-electron chi connectivity index (χ2n) is 5.21. The molecule has 0 fully saturated rings. The van der Waals surface area contributed by atoms with Crippen molar-refractivity contribution in [1.29, 1.82) is 0 Å². The zero-order valence-electron chi connectivity index (χ0n) is 11.9. The first-order chi connectivity index (χ1) is 10.9. The third-order valence-electron chi connectivity index (χ3n) is 3.92. The number of rotatable bonds is 0. The van der Waals surface area contributed by atoms with E-state index in [0.717, 1.165) is 43.9 Å². The number of nitrogens with zero attached hydrogens (tertiary/aromatic N) is 4. The quantitative estimate of drug-likeness (QED) is 0.231. The number of para-hydroxylation sites is 2. The van der Waals surface area contributed by atoms with E-state index >= 15 is 0 Å². The molecule has 4 nitrogen and oxygen atoms in total. The molecular formula is C18H10N4Ru+2. The molecule has 2 aromatic carbocycles. The van der Waals surface area contributed by atoms with Gasteiger partial charge < -0.3 is 0 Å². The Morgan fingerprint density at radius 1 is 0.522 bits per heavy atom. The minimum atomic E-state index is 0. The Balaban J connectivity index is 0.00000135. The third kappa shape index (κ3) is 2.01. The number of fused-ring (bicyclic) bond motifs is 7. The van der Waals surface area contributed by atoms with E-state index in [-0.39, 0.29) is 19.5 Å². The molecular weight excluding hydrogens is 373 g/mol. The molecule has 0 saturated carbocycles. The van der Waals surface area contributed by atoms with Crippen LogP contribution in [0, 0.1) is 0 Å². The molecule has 0 atom stereocenters. The predicted octanol–water partition coefficient (Wildman–Crippen LogP) is 3.88. The van der Waals surface area contributed by atoms with Crippen LogP contribution in [0.25, 0.3) is 43.9 Å². The molecule has 5 aromatic rings. The van der Waals surface area contributed by atoms with Crippen LogP contribution >= 0.6 is 0 Å². The molecule has 0 aliphatic rings. The first-order valence-corrected chi connectivity index (χ1v) is 7.10. The van der Waals surface area contributed by atoms with Crippen LogP contribution in [-0.4, -0.2) is 19.9 Å². The van der Waals surface area contributed by atoms with Crippen molar-refractivity contribution >= 4 is 43.9 Å². The number of hydrogen-bond acceptors (Lipinski definition) is 4. The van der Waals surface area contributed by atoms with Gasteiger partial charge in [0.1, 0.15) is 0 Å². The summed E-state index contributed by atoms with van der Waals surface area (Å²) in [7, 11) is 0. The number of hydrogen-bond donors (Lipinski definition) is 0. The summed E-state index contributed by atoms with van der Waals surface area (Å²) >= 11 is 0. The molecule has 108 valence electrons. The van der Waals surface area contributed by atoms with Crippen molar-refractivity contribution in [1.82, 2.24) is 19.9 Å². The van der Waals surface area contributed by atoms with E-state index in [9.17, 15) is 0 Å². The second-order valence-corrected chi connectivity index (χ2v) is 5.21. The molecule has 0 N–H and O–H groups in total. The van der Waals surface area contributed by atoms with Gasteiger partial charge in [-0.2, -0.15) is 0 Å². The van der Waals surface area contributed by atoms with Crippen LogP contribution in [0.1, 0.15) is 0 Å². The van der Waals surface area contributed by atoms with Gasteiger partial charge in [-0.3, -0.25) is 9.97 Å². The molecule has 0 radical (unpaired) electrons. The van der Waals surface area contributed by atoms with Gasteiger partial charge in [0, 0.05) is 23.2 Å². The van der Waals surface area contributed by atoms with E-state index in [1.54, 1.807) is 12.4 Å². The Labute approximate surface area is 144 Å². The molecule has 0 bridgehead atoms. The van der Waals surface area contributed by atoms with E-state index in [1.807, 2.05) is 48.5 Å². The smallest absolute Gasteiger partial charge is 0.254 e. The fourth-order valence-corrected chi connectivity index (χ4v) is 2.95. The summed E-state index contributed by atoms with van der Waals surface area (Å²) in [5.74, 6) is 0. The normalized spacial score (nSPS) is 11.1.